The predicted molar refractivity (Wildman–Crippen MR) is 88.1 cm³/mol. The third kappa shape index (κ3) is 3.73. The van der Waals surface area contributed by atoms with Gasteiger partial charge in [0, 0.05) is 0 Å². The molecule has 0 aromatic heterocycles. The SMILES string of the molecule is CCCNC(C1=CCCC1)c1ccc(C(C)(C)C)cc1. The molecule has 0 saturated carbocycles. The van der Waals surface area contributed by atoms with Gasteiger partial charge in [-0.2, -0.15) is 0 Å². The molecule has 1 unspecified atom stereocenters. The first-order chi connectivity index (χ1) is 9.52. The van der Waals surface area contributed by atoms with Crippen molar-refractivity contribution in [1.29, 1.82) is 0 Å². The van der Waals surface area contributed by atoms with E-state index >= 15 is 0 Å². The van der Waals surface area contributed by atoms with Crippen molar-refractivity contribution >= 4 is 0 Å². The molecule has 0 heterocycles. The minimum Gasteiger partial charge on any atom is -0.307 e. The summed E-state index contributed by atoms with van der Waals surface area (Å²) in [5.41, 5.74) is 4.65. The van der Waals surface area contributed by atoms with Gasteiger partial charge in [0.1, 0.15) is 0 Å². The van der Waals surface area contributed by atoms with Gasteiger partial charge in [-0.3, -0.25) is 0 Å². The summed E-state index contributed by atoms with van der Waals surface area (Å²) in [6, 6.07) is 9.64. The van der Waals surface area contributed by atoms with Crippen LogP contribution in [0.2, 0.25) is 0 Å². The van der Waals surface area contributed by atoms with Gasteiger partial charge in [0.15, 0.2) is 0 Å². The van der Waals surface area contributed by atoms with E-state index in [1.807, 2.05) is 0 Å². The summed E-state index contributed by atoms with van der Waals surface area (Å²) in [4.78, 5) is 0. The van der Waals surface area contributed by atoms with E-state index in [4.69, 9.17) is 0 Å². The van der Waals surface area contributed by atoms with Crippen LogP contribution in [0.4, 0.5) is 0 Å². The van der Waals surface area contributed by atoms with E-state index in [-0.39, 0.29) is 5.41 Å². The van der Waals surface area contributed by atoms with Crippen LogP contribution in [0.5, 0.6) is 0 Å². The fourth-order valence-corrected chi connectivity index (χ4v) is 2.89. The third-order valence-electron chi connectivity index (χ3n) is 4.16. The molecular weight excluding hydrogens is 242 g/mol. The molecule has 0 amide bonds. The number of benzene rings is 1. The molecule has 1 nitrogen and oxygen atoms in total. The summed E-state index contributed by atoms with van der Waals surface area (Å²) in [5.74, 6) is 0. The van der Waals surface area contributed by atoms with Gasteiger partial charge < -0.3 is 5.32 Å². The Kier molecular flexibility index (Phi) is 5.04. The molecule has 1 aliphatic carbocycles. The van der Waals surface area contributed by atoms with Crippen LogP contribution in [0.15, 0.2) is 35.9 Å². The van der Waals surface area contributed by atoms with Crippen molar-refractivity contribution in [3.8, 4) is 0 Å². The summed E-state index contributed by atoms with van der Waals surface area (Å²) in [5, 5.41) is 3.72. The molecule has 110 valence electrons. The van der Waals surface area contributed by atoms with Gasteiger partial charge in [-0.1, -0.05) is 63.6 Å². The molecule has 0 fully saturated rings. The Hall–Kier alpha value is -1.08. The number of hydrogen-bond acceptors (Lipinski definition) is 1. The van der Waals surface area contributed by atoms with Crippen molar-refractivity contribution in [2.75, 3.05) is 6.54 Å². The topological polar surface area (TPSA) is 12.0 Å². The first-order valence-electron chi connectivity index (χ1n) is 8.05. The first-order valence-corrected chi connectivity index (χ1v) is 8.05. The molecule has 0 aliphatic heterocycles. The van der Waals surface area contributed by atoms with Crippen molar-refractivity contribution in [2.24, 2.45) is 0 Å². The van der Waals surface area contributed by atoms with Crippen molar-refractivity contribution < 1.29 is 0 Å². The summed E-state index contributed by atoms with van der Waals surface area (Å²) in [6.07, 6.45) is 7.44. The van der Waals surface area contributed by atoms with E-state index in [1.54, 1.807) is 5.57 Å². The zero-order valence-corrected chi connectivity index (χ0v) is 13.5. The zero-order valence-electron chi connectivity index (χ0n) is 13.5. The molecule has 1 aliphatic rings. The fourth-order valence-electron chi connectivity index (χ4n) is 2.89. The second-order valence-electron chi connectivity index (χ2n) is 6.93. The van der Waals surface area contributed by atoms with E-state index in [9.17, 15) is 0 Å². The van der Waals surface area contributed by atoms with E-state index in [0.717, 1.165) is 6.54 Å². The van der Waals surface area contributed by atoms with E-state index in [1.165, 1.54) is 36.8 Å². The minimum atomic E-state index is 0.234. The summed E-state index contributed by atoms with van der Waals surface area (Å²) < 4.78 is 0. The quantitative estimate of drug-likeness (QED) is 0.732. The van der Waals surface area contributed by atoms with Crippen LogP contribution in [0, 0.1) is 0 Å². The molecule has 1 atom stereocenters. The van der Waals surface area contributed by atoms with Crippen molar-refractivity contribution in [2.45, 2.75) is 64.8 Å². The number of allylic oxidation sites excluding steroid dienone is 1. The smallest absolute Gasteiger partial charge is 0.0536 e. The average Bonchev–Trinajstić information content (AvgIpc) is 2.93. The molecule has 0 spiro atoms. The van der Waals surface area contributed by atoms with Crippen LogP contribution in [-0.2, 0) is 5.41 Å². The van der Waals surface area contributed by atoms with Crippen LogP contribution in [0.1, 0.15) is 70.5 Å². The lowest BCUT2D eigenvalue weighted by Crippen LogP contribution is -2.23. The maximum Gasteiger partial charge on any atom is 0.0536 e. The standard InChI is InChI=1S/C19H29N/c1-5-14-20-18(15-8-6-7-9-15)16-10-12-17(13-11-16)19(2,3)4/h8,10-13,18,20H,5-7,9,14H2,1-4H3. The first kappa shape index (κ1) is 15.3. The summed E-state index contributed by atoms with van der Waals surface area (Å²) in [6.45, 7) is 10.1. The maximum absolute atomic E-state index is 3.72. The highest BCUT2D eigenvalue weighted by molar-refractivity contribution is 5.34. The molecule has 1 aromatic rings. The van der Waals surface area contributed by atoms with Gasteiger partial charge in [0.05, 0.1) is 6.04 Å². The van der Waals surface area contributed by atoms with E-state index in [0.29, 0.717) is 6.04 Å². The number of hydrogen-bond donors (Lipinski definition) is 1. The highest BCUT2D eigenvalue weighted by Gasteiger charge is 2.19. The third-order valence-corrected chi connectivity index (χ3v) is 4.16. The van der Waals surface area contributed by atoms with Crippen LogP contribution in [0.3, 0.4) is 0 Å². The lowest BCUT2D eigenvalue weighted by atomic mass is 9.85. The van der Waals surface area contributed by atoms with Crippen molar-refractivity contribution in [3.05, 3.63) is 47.0 Å². The molecular formula is C19H29N. The predicted octanol–water partition coefficient (Wildman–Crippen LogP) is 5.14. The number of rotatable bonds is 5. The second-order valence-corrected chi connectivity index (χ2v) is 6.93. The van der Waals surface area contributed by atoms with Crippen LogP contribution in [-0.4, -0.2) is 6.54 Å². The van der Waals surface area contributed by atoms with Crippen molar-refractivity contribution in [1.82, 2.24) is 5.32 Å². The van der Waals surface area contributed by atoms with Crippen molar-refractivity contribution in [3.63, 3.8) is 0 Å². The Balaban J connectivity index is 2.20. The van der Waals surface area contributed by atoms with Gasteiger partial charge in [-0.25, -0.2) is 0 Å². The van der Waals surface area contributed by atoms with Gasteiger partial charge in [-0.05, 0) is 48.8 Å². The highest BCUT2D eigenvalue weighted by atomic mass is 14.9. The normalized spacial score (nSPS) is 17.1. The lowest BCUT2D eigenvalue weighted by Gasteiger charge is -2.23. The Bertz CT molecular complexity index is 448. The van der Waals surface area contributed by atoms with Gasteiger partial charge in [0.25, 0.3) is 0 Å². The molecule has 0 saturated heterocycles. The molecule has 0 radical (unpaired) electrons. The monoisotopic (exact) mass is 271 g/mol. The van der Waals surface area contributed by atoms with Crippen LogP contribution in [0.25, 0.3) is 0 Å². The molecule has 2 rings (SSSR count). The lowest BCUT2D eigenvalue weighted by molar-refractivity contribution is 0.573. The second kappa shape index (κ2) is 6.58. The maximum atomic E-state index is 3.72. The number of nitrogens with one attached hydrogen (secondary N) is 1. The Labute approximate surface area is 124 Å². The Morgan fingerprint density at radius 2 is 1.85 bits per heavy atom. The highest BCUT2D eigenvalue weighted by Crippen LogP contribution is 2.32. The van der Waals surface area contributed by atoms with Crippen LogP contribution >= 0.6 is 0 Å². The van der Waals surface area contributed by atoms with Gasteiger partial charge >= 0.3 is 0 Å². The molecule has 1 N–H and O–H groups in total. The molecule has 1 aromatic carbocycles. The van der Waals surface area contributed by atoms with Gasteiger partial charge in [-0.15, -0.1) is 0 Å². The fraction of sp³-hybridized carbons (Fsp3) is 0.579. The Morgan fingerprint density at radius 3 is 2.35 bits per heavy atom. The molecule has 20 heavy (non-hydrogen) atoms. The molecule has 1 heteroatoms. The van der Waals surface area contributed by atoms with Crippen LogP contribution < -0.4 is 5.32 Å². The minimum absolute atomic E-state index is 0.234. The Morgan fingerprint density at radius 1 is 1.15 bits per heavy atom. The summed E-state index contributed by atoms with van der Waals surface area (Å²) >= 11 is 0. The van der Waals surface area contributed by atoms with E-state index in [2.05, 4.69) is 63.4 Å². The van der Waals surface area contributed by atoms with E-state index < -0.39 is 0 Å². The summed E-state index contributed by atoms with van der Waals surface area (Å²) in [7, 11) is 0. The largest absolute Gasteiger partial charge is 0.307 e. The molecule has 0 bridgehead atoms. The average molecular weight is 271 g/mol. The zero-order chi connectivity index (χ0) is 14.6. The van der Waals surface area contributed by atoms with Gasteiger partial charge in [0.2, 0.25) is 0 Å².